The second-order valence-electron chi connectivity index (χ2n) is 4.24. The van der Waals surface area contributed by atoms with Gasteiger partial charge in [-0.25, -0.2) is 13.6 Å². The third kappa shape index (κ3) is 3.12. The monoisotopic (exact) mass is 275 g/mol. The van der Waals surface area contributed by atoms with Gasteiger partial charge < -0.3 is 4.74 Å². The van der Waals surface area contributed by atoms with E-state index in [1.165, 1.54) is 12.5 Å². The molecule has 17 heavy (non-hydrogen) atoms. The maximum atomic E-state index is 11.4. The molecule has 0 aliphatic heterocycles. The van der Waals surface area contributed by atoms with Crippen LogP contribution in [0.25, 0.3) is 0 Å². The quantitative estimate of drug-likeness (QED) is 0.915. The molecule has 1 fully saturated rings. The Kier molecular flexibility index (Phi) is 3.61. The van der Waals surface area contributed by atoms with Crippen LogP contribution in [-0.2, 0) is 10.0 Å². The van der Waals surface area contributed by atoms with Crippen molar-refractivity contribution < 1.29 is 13.2 Å². The predicted octanol–water partition coefficient (Wildman–Crippen LogP) is 2.17. The second kappa shape index (κ2) is 4.84. The van der Waals surface area contributed by atoms with Crippen molar-refractivity contribution in [1.82, 2.24) is 0 Å². The topological polar surface area (TPSA) is 69.4 Å². The van der Waals surface area contributed by atoms with E-state index in [4.69, 9.17) is 21.5 Å². The van der Waals surface area contributed by atoms with Gasteiger partial charge in [0.25, 0.3) is 0 Å². The van der Waals surface area contributed by atoms with Gasteiger partial charge in [0.05, 0.1) is 6.61 Å². The number of halogens is 1. The highest BCUT2D eigenvalue weighted by molar-refractivity contribution is 7.89. The first-order valence-corrected chi connectivity index (χ1v) is 7.34. The van der Waals surface area contributed by atoms with Crippen LogP contribution in [0.5, 0.6) is 5.75 Å². The van der Waals surface area contributed by atoms with E-state index in [1.807, 2.05) is 0 Å². The Morgan fingerprint density at radius 1 is 1.41 bits per heavy atom. The molecule has 1 aromatic rings. The third-order valence-electron chi connectivity index (χ3n) is 2.91. The molecule has 1 aromatic carbocycles. The molecular weight excluding hydrogens is 262 g/mol. The highest BCUT2D eigenvalue weighted by Gasteiger charge is 2.20. The molecule has 1 aliphatic carbocycles. The number of nitrogens with two attached hydrogens (primary N) is 1. The minimum atomic E-state index is -3.80. The fourth-order valence-corrected chi connectivity index (χ4v) is 2.63. The number of hydrogen-bond acceptors (Lipinski definition) is 3. The molecule has 0 bridgehead atoms. The van der Waals surface area contributed by atoms with Crippen LogP contribution in [0.2, 0.25) is 5.02 Å². The van der Waals surface area contributed by atoms with Crippen molar-refractivity contribution >= 4 is 21.6 Å². The molecule has 0 spiro atoms. The van der Waals surface area contributed by atoms with Gasteiger partial charge in [0.15, 0.2) is 0 Å². The molecule has 0 saturated heterocycles. The van der Waals surface area contributed by atoms with E-state index in [2.05, 4.69) is 0 Å². The Morgan fingerprint density at radius 2 is 2.12 bits per heavy atom. The zero-order valence-corrected chi connectivity index (χ0v) is 10.8. The molecule has 94 valence electrons. The second-order valence-corrected chi connectivity index (χ2v) is 6.21. The fourth-order valence-electron chi connectivity index (χ4n) is 1.69. The van der Waals surface area contributed by atoms with Gasteiger partial charge >= 0.3 is 0 Å². The van der Waals surface area contributed by atoms with Gasteiger partial charge in [0.2, 0.25) is 10.0 Å². The average molecular weight is 276 g/mol. The SMILES string of the molecule is NS(=O)(=O)c1cc(Cl)ccc1OCC1CCC1. The lowest BCUT2D eigenvalue weighted by atomic mass is 9.86. The molecule has 1 aliphatic rings. The van der Waals surface area contributed by atoms with Crippen LogP contribution >= 0.6 is 11.6 Å². The molecule has 0 atom stereocenters. The van der Waals surface area contributed by atoms with Crippen molar-refractivity contribution in [2.24, 2.45) is 11.1 Å². The van der Waals surface area contributed by atoms with Gasteiger partial charge in [0, 0.05) is 5.02 Å². The van der Waals surface area contributed by atoms with Crippen LogP contribution in [0, 0.1) is 5.92 Å². The summed E-state index contributed by atoms with van der Waals surface area (Å²) in [4.78, 5) is -0.0516. The lowest BCUT2D eigenvalue weighted by Gasteiger charge is -2.25. The standard InChI is InChI=1S/C11H14ClNO3S/c12-9-4-5-10(11(6-9)17(13,14)15)16-7-8-2-1-3-8/h4-6,8H,1-3,7H2,(H2,13,14,15). The van der Waals surface area contributed by atoms with Crippen molar-refractivity contribution in [3.05, 3.63) is 23.2 Å². The smallest absolute Gasteiger partial charge is 0.241 e. The van der Waals surface area contributed by atoms with Crippen molar-refractivity contribution in [3.8, 4) is 5.75 Å². The Bertz CT molecular complexity index is 511. The fraction of sp³-hybridized carbons (Fsp3) is 0.455. The summed E-state index contributed by atoms with van der Waals surface area (Å²) in [7, 11) is -3.80. The summed E-state index contributed by atoms with van der Waals surface area (Å²) in [6, 6.07) is 4.44. The Morgan fingerprint density at radius 3 is 2.65 bits per heavy atom. The predicted molar refractivity (Wildman–Crippen MR) is 65.7 cm³/mol. The Balaban J connectivity index is 2.19. The molecule has 2 N–H and O–H groups in total. The Labute approximate surface area is 106 Å². The number of hydrogen-bond donors (Lipinski definition) is 1. The molecule has 0 unspecified atom stereocenters. The first kappa shape index (κ1) is 12.7. The molecule has 6 heteroatoms. The van der Waals surface area contributed by atoms with Crippen molar-refractivity contribution in [2.45, 2.75) is 24.2 Å². The number of benzene rings is 1. The molecule has 0 amide bonds. The summed E-state index contributed by atoms with van der Waals surface area (Å²) < 4.78 is 28.3. The first-order valence-electron chi connectivity index (χ1n) is 5.42. The van der Waals surface area contributed by atoms with Crippen molar-refractivity contribution in [1.29, 1.82) is 0 Å². The van der Waals surface area contributed by atoms with Crippen LogP contribution in [0.15, 0.2) is 23.1 Å². The van der Waals surface area contributed by atoms with Crippen LogP contribution in [0.1, 0.15) is 19.3 Å². The largest absolute Gasteiger partial charge is 0.492 e. The van der Waals surface area contributed by atoms with Crippen molar-refractivity contribution in [2.75, 3.05) is 6.61 Å². The molecule has 0 heterocycles. The van der Waals surface area contributed by atoms with Crippen LogP contribution < -0.4 is 9.88 Å². The van der Waals surface area contributed by atoms with Crippen LogP contribution in [0.3, 0.4) is 0 Å². The Hall–Kier alpha value is -0.780. The molecule has 0 aromatic heterocycles. The van der Waals surface area contributed by atoms with Gasteiger partial charge in [-0.05, 0) is 37.0 Å². The summed E-state index contributed by atoms with van der Waals surface area (Å²) in [5, 5.41) is 5.44. The van der Waals surface area contributed by atoms with E-state index in [1.54, 1.807) is 12.1 Å². The number of ether oxygens (including phenoxy) is 1. The minimum absolute atomic E-state index is 0.0516. The van der Waals surface area contributed by atoms with E-state index in [0.717, 1.165) is 12.8 Å². The van der Waals surface area contributed by atoms with Crippen LogP contribution in [-0.4, -0.2) is 15.0 Å². The maximum Gasteiger partial charge on any atom is 0.241 e. The number of rotatable bonds is 4. The van der Waals surface area contributed by atoms with E-state index in [-0.39, 0.29) is 10.6 Å². The van der Waals surface area contributed by atoms with Gasteiger partial charge in [-0.2, -0.15) is 0 Å². The molecule has 0 radical (unpaired) electrons. The highest BCUT2D eigenvalue weighted by Crippen LogP contribution is 2.30. The number of primary sulfonamides is 1. The van der Waals surface area contributed by atoms with E-state index in [9.17, 15) is 8.42 Å². The minimum Gasteiger partial charge on any atom is -0.492 e. The normalized spacial score (nSPS) is 16.6. The molecule has 4 nitrogen and oxygen atoms in total. The summed E-state index contributed by atoms with van der Waals surface area (Å²) in [6.45, 7) is 0.532. The summed E-state index contributed by atoms with van der Waals surface area (Å²) in [5.41, 5.74) is 0. The van der Waals surface area contributed by atoms with Crippen LogP contribution in [0.4, 0.5) is 0 Å². The first-order chi connectivity index (χ1) is 7.97. The lowest BCUT2D eigenvalue weighted by molar-refractivity contribution is 0.177. The third-order valence-corrected chi connectivity index (χ3v) is 4.08. The lowest BCUT2D eigenvalue weighted by Crippen LogP contribution is -2.21. The summed E-state index contributed by atoms with van der Waals surface area (Å²) >= 11 is 5.75. The molecule has 2 rings (SSSR count). The number of sulfonamides is 1. The average Bonchev–Trinajstić information content (AvgIpc) is 2.16. The zero-order chi connectivity index (χ0) is 12.5. The maximum absolute atomic E-state index is 11.4. The van der Waals surface area contributed by atoms with Gasteiger partial charge in [-0.15, -0.1) is 0 Å². The zero-order valence-electron chi connectivity index (χ0n) is 9.23. The highest BCUT2D eigenvalue weighted by atomic mass is 35.5. The summed E-state index contributed by atoms with van der Waals surface area (Å²) in [6.07, 6.45) is 3.49. The van der Waals surface area contributed by atoms with Gasteiger partial charge in [0.1, 0.15) is 10.6 Å². The summed E-state index contributed by atoms with van der Waals surface area (Å²) in [5.74, 6) is 0.808. The molecule has 1 saturated carbocycles. The van der Waals surface area contributed by atoms with E-state index in [0.29, 0.717) is 17.5 Å². The molecular formula is C11H14ClNO3S. The van der Waals surface area contributed by atoms with E-state index >= 15 is 0 Å². The van der Waals surface area contributed by atoms with E-state index < -0.39 is 10.0 Å². The van der Waals surface area contributed by atoms with Gasteiger partial charge in [-0.1, -0.05) is 18.0 Å². The van der Waals surface area contributed by atoms with Crippen molar-refractivity contribution in [3.63, 3.8) is 0 Å². The van der Waals surface area contributed by atoms with Gasteiger partial charge in [-0.3, -0.25) is 0 Å².